The molecule has 4 heteroatoms. The summed E-state index contributed by atoms with van der Waals surface area (Å²) >= 11 is 3.39. The van der Waals surface area contributed by atoms with Gasteiger partial charge in [-0.15, -0.1) is 0 Å². The van der Waals surface area contributed by atoms with Crippen LogP contribution >= 0.6 is 15.9 Å². The summed E-state index contributed by atoms with van der Waals surface area (Å²) in [7, 11) is 0. The van der Waals surface area contributed by atoms with Gasteiger partial charge in [0.05, 0.1) is 0 Å². The van der Waals surface area contributed by atoms with Crippen LogP contribution in [0.1, 0.15) is 0 Å². The Morgan fingerprint density at radius 2 is 1.76 bits per heavy atom. The number of oxazole rings is 1. The Bertz CT molecular complexity index is 613. The molecule has 1 aromatic heterocycles. The maximum atomic E-state index is 5.57. The molecule has 0 fully saturated rings. The average Bonchev–Trinajstić information content (AvgIpc) is 2.74. The van der Waals surface area contributed by atoms with Gasteiger partial charge in [0, 0.05) is 10.2 Å². The Morgan fingerprint density at radius 3 is 2.53 bits per heavy atom. The smallest absolute Gasteiger partial charge is 0.300 e. The van der Waals surface area contributed by atoms with Gasteiger partial charge in [-0.25, -0.2) is 0 Å². The van der Waals surface area contributed by atoms with Crippen LogP contribution in [0.2, 0.25) is 0 Å². The number of halogens is 1. The van der Waals surface area contributed by atoms with E-state index in [4.69, 9.17) is 4.42 Å². The van der Waals surface area contributed by atoms with Gasteiger partial charge < -0.3 is 9.73 Å². The zero-order valence-electron chi connectivity index (χ0n) is 8.85. The van der Waals surface area contributed by atoms with Crippen molar-refractivity contribution in [1.29, 1.82) is 0 Å². The highest BCUT2D eigenvalue weighted by molar-refractivity contribution is 9.10. The minimum absolute atomic E-state index is 0.508. The van der Waals surface area contributed by atoms with Gasteiger partial charge in [-0.1, -0.05) is 28.1 Å². The zero-order valence-corrected chi connectivity index (χ0v) is 10.4. The van der Waals surface area contributed by atoms with Gasteiger partial charge in [0.25, 0.3) is 6.01 Å². The molecule has 0 saturated carbocycles. The molecule has 0 aliphatic rings. The maximum absolute atomic E-state index is 5.57. The highest BCUT2D eigenvalue weighted by Crippen LogP contribution is 2.22. The molecule has 2 aromatic carbocycles. The Kier molecular flexibility index (Phi) is 2.57. The molecule has 0 radical (unpaired) electrons. The predicted octanol–water partition coefficient (Wildman–Crippen LogP) is 4.33. The summed E-state index contributed by atoms with van der Waals surface area (Å²) in [6.07, 6.45) is 0. The van der Waals surface area contributed by atoms with Gasteiger partial charge >= 0.3 is 0 Å². The fraction of sp³-hybridized carbons (Fsp3) is 0. The van der Waals surface area contributed by atoms with Crippen molar-refractivity contribution >= 4 is 38.7 Å². The van der Waals surface area contributed by atoms with E-state index in [1.807, 2.05) is 48.5 Å². The summed E-state index contributed by atoms with van der Waals surface area (Å²) in [5.74, 6) is 0. The standard InChI is InChI=1S/C13H9BrN2O/c14-9-5-7-10(8-6-9)15-13-16-11-3-1-2-4-12(11)17-13/h1-8H,(H,15,16). The van der Waals surface area contributed by atoms with E-state index >= 15 is 0 Å². The van der Waals surface area contributed by atoms with E-state index < -0.39 is 0 Å². The summed E-state index contributed by atoms with van der Waals surface area (Å²) in [4.78, 5) is 4.34. The molecule has 0 atom stereocenters. The van der Waals surface area contributed by atoms with Crippen molar-refractivity contribution in [2.75, 3.05) is 5.32 Å². The fourth-order valence-electron chi connectivity index (χ4n) is 1.58. The van der Waals surface area contributed by atoms with Crippen LogP contribution in [0.25, 0.3) is 11.1 Å². The molecule has 0 aliphatic carbocycles. The first kappa shape index (κ1) is 10.4. The van der Waals surface area contributed by atoms with E-state index in [-0.39, 0.29) is 0 Å². The molecule has 3 aromatic rings. The van der Waals surface area contributed by atoms with Crippen molar-refractivity contribution in [2.45, 2.75) is 0 Å². The quantitative estimate of drug-likeness (QED) is 0.763. The zero-order chi connectivity index (χ0) is 11.7. The molecule has 0 unspecified atom stereocenters. The molecule has 1 N–H and O–H groups in total. The fourth-order valence-corrected chi connectivity index (χ4v) is 1.85. The first-order valence-electron chi connectivity index (χ1n) is 5.19. The van der Waals surface area contributed by atoms with E-state index in [0.717, 1.165) is 21.3 Å². The van der Waals surface area contributed by atoms with Crippen LogP contribution < -0.4 is 5.32 Å². The lowest BCUT2D eigenvalue weighted by Gasteiger charge is -2.00. The Balaban J connectivity index is 1.92. The Hall–Kier alpha value is -1.81. The molecule has 1 heterocycles. The lowest BCUT2D eigenvalue weighted by molar-refractivity contribution is 0.623. The summed E-state index contributed by atoms with van der Waals surface area (Å²) in [5.41, 5.74) is 2.58. The van der Waals surface area contributed by atoms with Crippen LogP contribution in [-0.4, -0.2) is 4.98 Å². The normalized spacial score (nSPS) is 10.6. The van der Waals surface area contributed by atoms with Crippen molar-refractivity contribution < 1.29 is 4.42 Å². The third-order valence-electron chi connectivity index (χ3n) is 2.39. The molecule has 0 saturated heterocycles. The molecular weight excluding hydrogens is 280 g/mol. The summed E-state index contributed by atoms with van der Waals surface area (Å²) in [5, 5.41) is 3.12. The van der Waals surface area contributed by atoms with E-state index in [9.17, 15) is 0 Å². The highest BCUT2D eigenvalue weighted by Gasteiger charge is 2.04. The molecule has 17 heavy (non-hydrogen) atoms. The minimum Gasteiger partial charge on any atom is -0.423 e. The lowest BCUT2D eigenvalue weighted by Crippen LogP contribution is -1.88. The molecule has 0 spiro atoms. The Labute approximate surface area is 107 Å². The van der Waals surface area contributed by atoms with Crippen molar-refractivity contribution in [3.05, 3.63) is 53.0 Å². The second-order valence-corrected chi connectivity index (χ2v) is 4.53. The first-order valence-corrected chi connectivity index (χ1v) is 5.99. The molecule has 3 nitrogen and oxygen atoms in total. The van der Waals surface area contributed by atoms with E-state index in [1.165, 1.54) is 0 Å². The topological polar surface area (TPSA) is 38.1 Å². The number of hydrogen-bond acceptors (Lipinski definition) is 3. The molecule has 0 bridgehead atoms. The van der Waals surface area contributed by atoms with Crippen molar-refractivity contribution in [1.82, 2.24) is 4.98 Å². The summed E-state index contributed by atoms with van der Waals surface area (Å²) < 4.78 is 6.61. The van der Waals surface area contributed by atoms with Crippen molar-refractivity contribution in [2.24, 2.45) is 0 Å². The van der Waals surface area contributed by atoms with Gasteiger partial charge in [-0.2, -0.15) is 4.98 Å². The van der Waals surface area contributed by atoms with Crippen LogP contribution in [0.4, 0.5) is 11.7 Å². The van der Waals surface area contributed by atoms with Gasteiger partial charge in [-0.05, 0) is 36.4 Å². The number of nitrogens with one attached hydrogen (secondary N) is 1. The minimum atomic E-state index is 0.508. The van der Waals surface area contributed by atoms with Gasteiger partial charge in [-0.3, -0.25) is 0 Å². The summed E-state index contributed by atoms with van der Waals surface area (Å²) in [6.45, 7) is 0. The second kappa shape index (κ2) is 4.22. The number of para-hydroxylation sites is 2. The molecule has 0 amide bonds. The van der Waals surface area contributed by atoms with Crippen molar-refractivity contribution in [3.63, 3.8) is 0 Å². The number of anilines is 2. The molecule has 84 valence electrons. The van der Waals surface area contributed by atoms with E-state index in [0.29, 0.717) is 6.01 Å². The van der Waals surface area contributed by atoms with E-state index in [1.54, 1.807) is 0 Å². The number of nitrogens with zero attached hydrogens (tertiary/aromatic N) is 1. The van der Waals surface area contributed by atoms with Crippen molar-refractivity contribution in [3.8, 4) is 0 Å². The number of rotatable bonds is 2. The third-order valence-corrected chi connectivity index (χ3v) is 2.92. The van der Waals surface area contributed by atoms with Gasteiger partial charge in [0.1, 0.15) is 5.52 Å². The summed E-state index contributed by atoms with van der Waals surface area (Å²) in [6, 6.07) is 16.0. The number of aromatic nitrogens is 1. The predicted molar refractivity (Wildman–Crippen MR) is 71.4 cm³/mol. The average molecular weight is 289 g/mol. The number of fused-ring (bicyclic) bond motifs is 1. The second-order valence-electron chi connectivity index (χ2n) is 3.62. The van der Waals surface area contributed by atoms with Crippen LogP contribution in [0.3, 0.4) is 0 Å². The van der Waals surface area contributed by atoms with Gasteiger partial charge in [0.15, 0.2) is 5.58 Å². The first-order chi connectivity index (χ1) is 8.31. The third kappa shape index (κ3) is 2.17. The number of hydrogen-bond donors (Lipinski definition) is 1. The maximum Gasteiger partial charge on any atom is 0.300 e. The van der Waals surface area contributed by atoms with Crippen LogP contribution in [0, 0.1) is 0 Å². The SMILES string of the molecule is Brc1ccc(Nc2nc3ccccc3o2)cc1. The van der Waals surface area contributed by atoms with Crippen LogP contribution in [-0.2, 0) is 0 Å². The number of benzene rings is 2. The molecule has 0 aliphatic heterocycles. The molecular formula is C13H9BrN2O. The molecule has 3 rings (SSSR count). The monoisotopic (exact) mass is 288 g/mol. The Morgan fingerprint density at radius 1 is 1.00 bits per heavy atom. The highest BCUT2D eigenvalue weighted by atomic mass is 79.9. The van der Waals surface area contributed by atoms with Crippen LogP contribution in [0.15, 0.2) is 57.4 Å². The van der Waals surface area contributed by atoms with Gasteiger partial charge in [0.2, 0.25) is 0 Å². The van der Waals surface area contributed by atoms with Crippen LogP contribution in [0.5, 0.6) is 0 Å². The largest absolute Gasteiger partial charge is 0.423 e. The lowest BCUT2D eigenvalue weighted by atomic mass is 10.3. The van der Waals surface area contributed by atoms with E-state index in [2.05, 4.69) is 26.2 Å².